The monoisotopic (exact) mass is 401 g/mol. The maximum Gasteiger partial charge on any atom is 0.192 e. The topological polar surface area (TPSA) is 93.2 Å². The van der Waals surface area contributed by atoms with Gasteiger partial charge in [-0.15, -0.1) is 10.2 Å². The van der Waals surface area contributed by atoms with Gasteiger partial charge in [0.05, 0.1) is 12.2 Å². The van der Waals surface area contributed by atoms with E-state index in [2.05, 4.69) is 45.9 Å². The van der Waals surface area contributed by atoms with Crippen LogP contribution >= 0.6 is 0 Å². The molecule has 0 aromatic carbocycles. The Labute approximate surface area is 173 Å². The van der Waals surface area contributed by atoms with Gasteiger partial charge in [-0.05, 0) is 32.6 Å². The van der Waals surface area contributed by atoms with Crippen molar-refractivity contribution in [1.29, 1.82) is 0 Å². The number of nitrogens with one attached hydrogen (secondary N) is 2. The molecule has 160 valence electrons. The normalized spacial score (nSPS) is 15.8. The molecule has 0 saturated heterocycles. The fourth-order valence-corrected chi connectivity index (χ4v) is 3.81. The van der Waals surface area contributed by atoms with E-state index in [0.717, 1.165) is 41.9 Å². The maximum absolute atomic E-state index is 5.55. The highest BCUT2D eigenvalue weighted by molar-refractivity contribution is 5.80. The van der Waals surface area contributed by atoms with Crippen LogP contribution < -0.4 is 10.6 Å². The minimum atomic E-state index is 0.458. The van der Waals surface area contributed by atoms with Crippen LogP contribution in [0.25, 0.3) is 0 Å². The second-order valence-corrected chi connectivity index (χ2v) is 7.95. The molecule has 8 nitrogen and oxygen atoms in total. The summed E-state index contributed by atoms with van der Waals surface area (Å²) in [5.74, 6) is 3.82. The molecule has 1 fully saturated rings. The molecule has 0 unspecified atom stereocenters. The van der Waals surface area contributed by atoms with E-state index in [0.29, 0.717) is 25.0 Å². The minimum absolute atomic E-state index is 0.458. The van der Waals surface area contributed by atoms with E-state index < -0.39 is 0 Å². The van der Waals surface area contributed by atoms with Crippen LogP contribution in [0.1, 0.15) is 87.8 Å². The molecular weight excluding hydrogens is 366 g/mol. The highest BCUT2D eigenvalue weighted by Crippen LogP contribution is 2.22. The molecule has 2 N–H and O–H groups in total. The van der Waals surface area contributed by atoms with Gasteiger partial charge in [-0.25, -0.2) is 4.99 Å². The minimum Gasteiger partial charge on any atom is -0.359 e. The molecule has 8 heteroatoms. The molecule has 1 aliphatic rings. The van der Waals surface area contributed by atoms with Crippen molar-refractivity contribution in [3.63, 3.8) is 0 Å². The number of aromatic nitrogens is 4. The molecule has 2 heterocycles. The van der Waals surface area contributed by atoms with Gasteiger partial charge in [0.1, 0.15) is 12.4 Å². The van der Waals surface area contributed by atoms with E-state index in [4.69, 9.17) is 9.52 Å². The summed E-state index contributed by atoms with van der Waals surface area (Å²) >= 11 is 0. The number of hydrogen-bond donors (Lipinski definition) is 2. The van der Waals surface area contributed by atoms with Crippen molar-refractivity contribution < 1.29 is 4.52 Å². The fraction of sp³-hybridized carbons (Fsp3) is 0.714. The van der Waals surface area contributed by atoms with Gasteiger partial charge in [0.15, 0.2) is 17.5 Å². The third-order valence-electron chi connectivity index (χ3n) is 5.92. The average molecular weight is 402 g/mol. The Kier molecular flexibility index (Phi) is 7.66. The van der Waals surface area contributed by atoms with E-state index in [1.165, 1.54) is 32.1 Å². The lowest BCUT2D eigenvalue weighted by molar-refractivity contribution is 0.366. The second kappa shape index (κ2) is 10.4. The van der Waals surface area contributed by atoms with E-state index in [1.54, 1.807) is 0 Å². The van der Waals surface area contributed by atoms with Crippen LogP contribution in [0.2, 0.25) is 0 Å². The Morgan fingerprint density at radius 3 is 2.66 bits per heavy atom. The van der Waals surface area contributed by atoms with Crippen molar-refractivity contribution in [1.82, 2.24) is 30.6 Å². The van der Waals surface area contributed by atoms with Gasteiger partial charge in [0.2, 0.25) is 0 Å². The lowest BCUT2D eigenvalue weighted by atomic mass is 9.96. The third-order valence-corrected chi connectivity index (χ3v) is 5.92. The van der Waals surface area contributed by atoms with Crippen molar-refractivity contribution in [2.45, 2.75) is 90.8 Å². The van der Waals surface area contributed by atoms with Gasteiger partial charge in [-0.3, -0.25) is 0 Å². The van der Waals surface area contributed by atoms with Crippen molar-refractivity contribution >= 4 is 5.96 Å². The van der Waals surface area contributed by atoms with E-state index >= 15 is 0 Å². The number of nitrogens with zero attached hydrogens (tertiary/aromatic N) is 5. The number of aliphatic imine (C=N–C) groups is 1. The predicted octanol–water partition coefficient (Wildman–Crippen LogP) is 3.58. The van der Waals surface area contributed by atoms with Crippen molar-refractivity contribution in [2.75, 3.05) is 0 Å². The van der Waals surface area contributed by atoms with E-state index in [9.17, 15) is 0 Å². The largest absolute Gasteiger partial charge is 0.359 e. The first-order chi connectivity index (χ1) is 14.1. The first kappa shape index (κ1) is 21.3. The molecular formula is C21H35N7O. The Balaban J connectivity index is 1.65. The van der Waals surface area contributed by atoms with Crippen LogP contribution in [-0.2, 0) is 20.1 Å². The highest BCUT2D eigenvalue weighted by atomic mass is 16.5. The SMILES string of the molecule is CCC(CC)c1cc(CNC(=NCc2nnc(C)n2C)NC2CCCCC2)on1. The van der Waals surface area contributed by atoms with Crippen LogP contribution in [-0.4, -0.2) is 31.9 Å². The molecule has 1 saturated carbocycles. The van der Waals surface area contributed by atoms with Gasteiger partial charge in [0, 0.05) is 25.1 Å². The lowest BCUT2D eigenvalue weighted by Crippen LogP contribution is -2.44. The van der Waals surface area contributed by atoms with Gasteiger partial charge in [-0.1, -0.05) is 38.3 Å². The standard InChI is InChI=1S/C21H35N7O/c1-5-16(6-2)19-12-18(29-27-19)13-22-21(24-17-10-8-7-9-11-17)23-14-20-26-25-15(3)28(20)4/h12,16-17H,5-11,13-14H2,1-4H3,(H2,22,23,24). The number of aryl methyl sites for hydroxylation is 1. The number of rotatable bonds is 8. The van der Waals surface area contributed by atoms with Crippen molar-refractivity contribution in [3.05, 3.63) is 29.2 Å². The summed E-state index contributed by atoms with van der Waals surface area (Å²) in [7, 11) is 1.97. The summed E-state index contributed by atoms with van der Waals surface area (Å²) in [6.45, 7) is 7.36. The summed E-state index contributed by atoms with van der Waals surface area (Å²) in [5, 5.41) is 19.6. The van der Waals surface area contributed by atoms with Crippen LogP contribution in [0.4, 0.5) is 0 Å². The molecule has 0 amide bonds. The van der Waals surface area contributed by atoms with Gasteiger partial charge < -0.3 is 19.7 Å². The summed E-state index contributed by atoms with van der Waals surface area (Å²) < 4.78 is 7.53. The summed E-state index contributed by atoms with van der Waals surface area (Å²) in [5.41, 5.74) is 1.04. The van der Waals surface area contributed by atoms with Crippen LogP contribution in [0.15, 0.2) is 15.6 Å². The Bertz CT molecular complexity index is 785. The quantitative estimate of drug-likeness (QED) is 0.519. The molecule has 1 aliphatic carbocycles. The van der Waals surface area contributed by atoms with Crippen molar-refractivity contribution in [2.24, 2.45) is 12.0 Å². The third kappa shape index (κ3) is 5.81. The van der Waals surface area contributed by atoms with E-state index in [-0.39, 0.29) is 0 Å². The molecule has 0 spiro atoms. The maximum atomic E-state index is 5.55. The summed E-state index contributed by atoms with van der Waals surface area (Å²) in [4.78, 5) is 4.76. The smallest absolute Gasteiger partial charge is 0.192 e. The molecule has 0 bridgehead atoms. The first-order valence-electron chi connectivity index (χ1n) is 11.0. The van der Waals surface area contributed by atoms with Crippen molar-refractivity contribution in [3.8, 4) is 0 Å². The highest BCUT2D eigenvalue weighted by Gasteiger charge is 2.17. The molecule has 29 heavy (non-hydrogen) atoms. The number of hydrogen-bond acceptors (Lipinski definition) is 5. The fourth-order valence-electron chi connectivity index (χ4n) is 3.81. The molecule has 0 radical (unpaired) electrons. The molecule has 2 aromatic heterocycles. The summed E-state index contributed by atoms with van der Waals surface area (Å²) in [6.07, 6.45) is 8.39. The first-order valence-corrected chi connectivity index (χ1v) is 11.0. The van der Waals surface area contributed by atoms with Gasteiger partial charge >= 0.3 is 0 Å². The van der Waals surface area contributed by atoms with Gasteiger partial charge in [-0.2, -0.15) is 0 Å². The Morgan fingerprint density at radius 1 is 1.24 bits per heavy atom. The Morgan fingerprint density at radius 2 is 2.00 bits per heavy atom. The second-order valence-electron chi connectivity index (χ2n) is 7.95. The van der Waals surface area contributed by atoms with Gasteiger partial charge in [0.25, 0.3) is 0 Å². The van der Waals surface area contributed by atoms with Crippen LogP contribution in [0.3, 0.4) is 0 Å². The molecule has 2 aromatic rings. The van der Waals surface area contributed by atoms with Crippen LogP contribution in [0.5, 0.6) is 0 Å². The molecule has 0 aliphatic heterocycles. The lowest BCUT2D eigenvalue weighted by Gasteiger charge is -2.24. The zero-order valence-corrected chi connectivity index (χ0v) is 18.2. The zero-order valence-electron chi connectivity index (χ0n) is 18.2. The number of guanidine groups is 1. The predicted molar refractivity (Wildman–Crippen MR) is 114 cm³/mol. The molecule has 3 rings (SSSR count). The Hall–Kier alpha value is -2.38. The van der Waals surface area contributed by atoms with Crippen LogP contribution in [0, 0.1) is 6.92 Å². The van der Waals surface area contributed by atoms with E-state index in [1.807, 2.05) is 18.5 Å². The average Bonchev–Trinajstić information content (AvgIpc) is 3.33. The summed E-state index contributed by atoms with van der Waals surface area (Å²) in [6, 6.07) is 2.53. The zero-order chi connectivity index (χ0) is 20.6. The molecule has 0 atom stereocenters.